The van der Waals surface area contributed by atoms with Crippen molar-refractivity contribution in [3.05, 3.63) is 35.9 Å². The van der Waals surface area contributed by atoms with Crippen LogP contribution in [0, 0.1) is 6.07 Å². The van der Waals surface area contributed by atoms with E-state index in [4.69, 9.17) is 0 Å². The molecule has 2 nitrogen and oxygen atoms in total. The predicted molar refractivity (Wildman–Crippen MR) is 51.2 cm³/mol. The molecule has 2 heteroatoms. The molecule has 63 valence electrons. The Balaban J connectivity index is 2.85. The molecule has 0 atom stereocenters. The molecule has 0 fully saturated rings. The van der Waals surface area contributed by atoms with Gasteiger partial charge in [-0.1, -0.05) is 24.3 Å². The second kappa shape index (κ2) is 3.90. The molecule has 1 rings (SSSR count). The van der Waals surface area contributed by atoms with Gasteiger partial charge in [-0.05, 0) is 18.6 Å². The summed E-state index contributed by atoms with van der Waals surface area (Å²) in [5.41, 5.74) is 2.16. The Bertz CT molecular complexity index is 262. The fraction of sp³-hybridized carbons (Fsp3) is 0.300. The number of nitrogens with zero attached hydrogens (tertiary/aromatic N) is 2. The highest BCUT2D eigenvalue weighted by molar-refractivity contribution is 5.98. The second-order valence-corrected chi connectivity index (χ2v) is 2.82. The zero-order valence-electron chi connectivity index (χ0n) is 7.70. The van der Waals surface area contributed by atoms with E-state index in [0.717, 1.165) is 11.3 Å². The molecule has 0 aliphatic heterocycles. The second-order valence-electron chi connectivity index (χ2n) is 2.82. The topological polar surface area (TPSA) is 15.6 Å². The summed E-state index contributed by atoms with van der Waals surface area (Å²) in [4.78, 5) is 0. The van der Waals surface area contributed by atoms with Crippen LogP contribution in [0.1, 0.15) is 12.5 Å². The van der Waals surface area contributed by atoms with Crippen molar-refractivity contribution in [2.45, 2.75) is 6.92 Å². The first-order valence-electron chi connectivity index (χ1n) is 3.89. The molecular weight excluding hydrogens is 148 g/mol. The smallest absolute Gasteiger partial charge is 0.0646 e. The van der Waals surface area contributed by atoms with Crippen LogP contribution >= 0.6 is 0 Å². The van der Waals surface area contributed by atoms with Crippen molar-refractivity contribution in [3.8, 4) is 0 Å². The summed E-state index contributed by atoms with van der Waals surface area (Å²) in [5, 5.41) is 6.08. The van der Waals surface area contributed by atoms with E-state index in [1.165, 1.54) is 0 Å². The van der Waals surface area contributed by atoms with Gasteiger partial charge in [0.05, 0.1) is 5.71 Å². The third kappa shape index (κ3) is 2.38. The monoisotopic (exact) mass is 161 g/mol. The summed E-state index contributed by atoms with van der Waals surface area (Å²) in [6.07, 6.45) is 0. The highest BCUT2D eigenvalue weighted by atomic mass is 15.4. The Labute approximate surface area is 73.5 Å². The molecule has 0 N–H and O–H groups in total. The van der Waals surface area contributed by atoms with Crippen molar-refractivity contribution in [1.29, 1.82) is 0 Å². The van der Waals surface area contributed by atoms with Gasteiger partial charge in [-0.3, -0.25) is 0 Å². The van der Waals surface area contributed by atoms with Gasteiger partial charge >= 0.3 is 0 Å². The first-order chi connectivity index (χ1) is 5.70. The van der Waals surface area contributed by atoms with E-state index in [-0.39, 0.29) is 0 Å². The number of rotatable bonds is 2. The largest absolute Gasteiger partial charge is 0.303 e. The molecule has 1 radical (unpaired) electrons. The minimum Gasteiger partial charge on any atom is -0.303 e. The van der Waals surface area contributed by atoms with Crippen LogP contribution in [-0.2, 0) is 0 Å². The van der Waals surface area contributed by atoms with Gasteiger partial charge in [-0.15, -0.1) is 0 Å². The lowest BCUT2D eigenvalue weighted by atomic mass is 10.1. The molecule has 0 unspecified atom stereocenters. The van der Waals surface area contributed by atoms with Gasteiger partial charge in [0, 0.05) is 14.1 Å². The van der Waals surface area contributed by atoms with Crippen molar-refractivity contribution in [2.24, 2.45) is 5.10 Å². The van der Waals surface area contributed by atoms with Crippen LogP contribution < -0.4 is 0 Å². The van der Waals surface area contributed by atoms with Gasteiger partial charge in [0.15, 0.2) is 0 Å². The van der Waals surface area contributed by atoms with Gasteiger partial charge in [-0.25, -0.2) is 0 Å². The minimum absolute atomic E-state index is 1.02. The van der Waals surface area contributed by atoms with Crippen LogP contribution in [0.3, 0.4) is 0 Å². The van der Waals surface area contributed by atoms with Crippen molar-refractivity contribution < 1.29 is 0 Å². The van der Waals surface area contributed by atoms with Crippen LogP contribution in [0.2, 0.25) is 0 Å². The van der Waals surface area contributed by atoms with Crippen LogP contribution in [0.25, 0.3) is 0 Å². The van der Waals surface area contributed by atoms with Crippen molar-refractivity contribution in [2.75, 3.05) is 14.1 Å². The highest BCUT2D eigenvalue weighted by Crippen LogP contribution is 2.00. The minimum atomic E-state index is 1.02. The Hall–Kier alpha value is -1.31. The molecule has 0 amide bonds. The number of hydrazone groups is 1. The van der Waals surface area contributed by atoms with Gasteiger partial charge in [0.1, 0.15) is 0 Å². The van der Waals surface area contributed by atoms with Gasteiger partial charge in [-0.2, -0.15) is 5.10 Å². The van der Waals surface area contributed by atoms with E-state index in [9.17, 15) is 0 Å². The van der Waals surface area contributed by atoms with Gasteiger partial charge < -0.3 is 5.01 Å². The lowest BCUT2D eigenvalue weighted by Gasteiger charge is -2.06. The summed E-state index contributed by atoms with van der Waals surface area (Å²) in [5.74, 6) is 0. The standard InChI is InChI=1S/C10H13N2/c1-9(11-12(2)3)10-7-5-4-6-8-10/h5-8H,1-3H3. The Morgan fingerprint density at radius 3 is 2.42 bits per heavy atom. The molecule has 1 aromatic carbocycles. The molecule has 12 heavy (non-hydrogen) atoms. The van der Waals surface area contributed by atoms with Crippen molar-refractivity contribution in [3.63, 3.8) is 0 Å². The van der Waals surface area contributed by atoms with E-state index in [0.29, 0.717) is 0 Å². The van der Waals surface area contributed by atoms with Crippen LogP contribution in [-0.4, -0.2) is 24.8 Å². The first kappa shape index (κ1) is 8.78. The summed E-state index contributed by atoms with van der Waals surface area (Å²) >= 11 is 0. The SMILES string of the molecule is CC(=NN(C)C)c1cc[c]cc1. The number of hydrogen-bond acceptors (Lipinski definition) is 2. The summed E-state index contributed by atoms with van der Waals surface area (Å²) < 4.78 is 0. The Morgan fingerprint density at radius 1 is 1.33 bits per heavy atom. The fourth-order valence-corrected chi connectivity index (χ4v) is 0.986. The van der Waals surface area contributed by atoms with Gasteiger partial charge in [0.2, 0.25) is 0 Å². The van der Waals surface area contributed by atoms with Gasteiger partial charge in [0.25, 0.3) is 0 Å². The normalized spacial score (nSPS) is 11.4. The summed E-state index contributed by atoms with van der Waals surface area (Å²) in [7, 11) is 3.83. The first-order valence-corrected chi connectivity index (χ1v) is 3.89. The van der Waals surface area contributed by atoms with Crippen LogP contribution in [0.5, 0.6) is 0 Å². The third-order valence-corrected chi connectivity index (χ3v) is 1.49. The Morgan fingerprint density at radius 2 is 1.92 bits per heavy atom. The molecule has 1 aromatic rings. The van der Waals surface area contributed by atoms with Crippen LogP contribution in [0.4, 0.5) is 0 Å². The molecule has 0 aliphatic carbocycles. The molecule has 0 aliphatic rings. The number of hydrogen-bond donors (Lipinski definition) is 0. The van der Waals surface area contributed by atoms with Crippen LogP contribution in [0.15, 0.2) is 29.4 Å². The van der Waals surface area contributed by atoms with E-state index < -0.39 is 0 Å². The molecule has 0 bridgehead atoms. The van der Waals surface area contributed by atoms with E-state index >= 15 is 0 Å². The number of benzene rings is 1. The fourth-order valence-electron chi connectivity index (χ4n) is 0.986. The maximum Gasteiger partial charge on any atom is 0.0646 e. The quantitative estimate of drug-likeness (QED) is 0.477. The summed E-state index contributed by atoms with van der Waals surface area (Å²) in [6.45, 7) is 2.00. The Kier molecular flexibility index (Phi) is 2.86. The van der Waals surface area contributed by atoms with Crippen molar-refractivity contribution in [1.82, 2.24) is 5.01 Å². The third-order valence-electron chi connectivity index (χ3n) is 1.49. The molecule has 0 saturated carbocycles. The highest BCUT2D eigenvalue weighted by Gasteiger charge is 1.94. The zero-order valence-corrected chi connectivity index (χ0v) is 7.70. The predicted octanol–water partition coefficient (Wildman–Crippen LogP) is 1.77. The maximum absolute atomic E-state index is 4.28. The van der Waals surface area contributed by atoms with E-state index in [1.54, 1.807) is 5.01 Å². The molecule has 0 saturated heterocycles. The average molecular weight is 161 g/mol. The van der Waals surface area contributed by atoms with Crippen molar-refractivity contribution >= 4 is 5.71 Å². The molecule has 0 spiro atoms. The summed E-state index contributed by atoms with van der Waals surface area (Å²) in [6, 6.07) is 10.8. The van der Waals surface area contributed by atoms with E-state index in [1.807, 2.05) is 45.3 Å². The zero-order chi connectivity index (χ0) is 8.97. The molecular formula is C10H13N2. The van der Waals surface area contributed by atoms with E-state index in [2.05, 4.69) is 11.2 Å². The lowest BCUT2D eigenvalue weighted by molar-refractivity contribution is 0.438. The maximum atomic E-state index is 4.28. The average Bonchev–Trinajstić information content (AvgIpc) is 2.05. The lowest BCUT2D eigenvalue weighted by Crippen LogP contribution is -2.07. The molecule has 0 aromatic heterocycles. The molecule has 0 heterocycles.